The predicted octanol–water partition coefficient (Wildman–Crippen LogP) is 4.35. The number of rotatable bonds is 3. The van der Waals surface area contributed by atoms with E-state index in [0.717, 1.165) is 29.8 Å². The number of carbonyl (C=O) groups is 1. The third-order valence-corrected chi connectivity index (χ3v) is 4.74. The van der Waals surface area contributed by atoms with Gasteiger partial charge in [-0.15, -0.1) is 0 Å². The highest BCUT2D eigenvalue weighted by atomic mass is 16.1. The van der Waals surface area contributed by atoms with Crippen molar-refractivity contribution in [3.8, 4) is 0 Å². The molecular weight excluding hydrogens is 284 g/mol. The third kappa shape index (κ3) is 3.77. The molecule has 0 saturated heterocycles. The molecule has 0 bridgehead atoms. The van der Waals surface area contributed by atoms with E-state index in [1.807, 2.05) is 43.3 Å². The fraction of sp³-hybridized carbons (Fsp3) is 0.550. The Hall–Kier alpha value is -1.77. The first-order valence-corrected chi connectivity index (χ1v) is 8.33. The van der Waals surface area contributed by atoms with Crippen molar-refractivity contribution < 1.29 is 4.79 Å². The van der Waals surface area contributed by atoms with E-state index in [4.69, 9.17) is 0 Å². The van der Waals surface area contributed by atoms with E-state index in [1.54, 1.807) is 0 Å². The zero-order valence-electron chi connectivity index (χ0n) is 15.6. The highest BCUT2D eigenvalue weighted by Crippen LogP contribution is 2.38. The summed E-state index contributed by atoms with van der Waals surface area (Å²) in [5.74, 6) is 0.147. The lowest BCUT2D eigenvalue weighted by Crippen LogP contribution is -2.44. The lowest BCUT2D eigenvalue weighted by Gasteiger charge is -2.43. The number of allylic oxidation sites excluding steroid dienone is 1. The number of Topliss-reactive ketones (excluding diaryl/α,β-unsaturated/α-hetero) is 1. The van der Waals surface area contributed by atoms with Gasteiger partial charge in [-0.3, -0.25) is 4.79 Å². The highest BCUT2D eigenvalue weighted by Gasteiger charge is 2.35. The van der Waals surface area contributed by atoms with Gasteiger partial charge in [-0.1, -0.05) is 13.8 Å². The first-order valence-electron chi connectivity index (χ1n) is 8.33. The maximum atomic E-state index is 13.1. The summed E-state index contributed by atoms with van der Waals surface area (Å²) < 4.78 is 0. The number of hydrogen-bond acceptors (Lipinski definition) is 3. The van der Waals surface area contributed by atoms with Crippen molar-refractivity contribution in [1.82, 2.24) is 4.90 Å². The van der Waals surface area contributed by atoms with Crippen LogP contribution in [-0.4, -0.2) is 36.9 Å². The minimum atomic E-state index is -0.0843. The fourth-order valence-electron chi connectivity index (χ4n) is 2.89. The molecular formula is C20H30N2O. The van der Waals surface area contributed by atoms with E-state index in [-0.39, 0.29) is 16.7 Å². The molecule has 0 N–H and O–H groups in total. The van der Waals surface area contributed by atoms with Crippen molar-refractivity contribution in [3.05, 3.63) is 41.6 Å². The van der Waals surface area contributed by atoms with E-state index in [1.165, 1.54) is 0 Å². The summed E-state index contributed by atoms with van der Waals surface area (Å²) >= 11 is 0. The van der Waals surface area contributed by atoms with Crippen molar-refractivity contribution >= 4 is 11.5 Å². The zero-order valence-corrected chi connectivity index (χ0v) is 15.6. The van der Waals surface area contributed by atoms with Crippen molar-refractivity contribution in [1.29, 1.82) is 0 Å². The maximum absolute atomic E-state index is 13.1. The first-order chi connectivity index (χ1) is 10.5. The number of hydrogen-bond donors (Lipinski definition) is 0. The van der Waals surface area contributed by atoms with Crippen LogP contribution in [0.3, 0.4) is 0 Å². The Morgan fingerprint density at radius 3 is 2.17 bits per heavy atom. The molecule has 0 unspecified atom stereocenters. The molecule has 0 aromatic heterocycles. The van der Waals surface area contributed by atoms with Crippen molar-refractivity contribution in [2.24, 2.45) is 5.41 Å². The minimum absolute atomic E-state index is 0.0385. The second kappa shape index (κ2) is 6.03. The summed E-state index contributed by atoms with van der Waals surface area (Å²) in [6.07, 6.45) is 3.09. The second-order valence-electron chi connectivity index (χ2n) is 8.31. The molecule has 1 aliphatic heterocycles. The van der Waals surface area contributed by atoms with Crippen LogP contribution >= 0.6 is 0 Å². The van der Waals surface area contributed by atoms with E-state index >= 15 is 0 Å². The number of anilines is 1. The molecule has 23 heavy (non-hydrogen) atoms. The molecule has 126 valence electrons. The molecule has 0 radical (unpaired) electrons. The summed E-state index contributed by atoms with van der Waals surface area (Å²) in [6.45, 7) is 11.9. The topological polar surface area (TPSA) is 23.6 Å². The van der Waals surface area contributed by atoms with Crippen molar-refractivity contribution in [2.75, 3.05) is 25.5 Å². The Balaban J connectivity index is 2.36. The van der Waals surface area contributed by atoms with E-state index in [9.17, 15) is 4.79 Å². The number of carbonyl (C=O) groups excluding carboxylic acids is 1. The summed E-state index contributed by atoms with van der Waals surface area (Å²) in [5.41, 5.74) is 2.74. The molecule has 0 fully saturated rings. The van der Waals surface area contributed by atoms with Gasteiger partial charge >= 0.3 is 0 Å². The maximum Gasteiger partial charge on any atom is 0.191 e. The molecule has 0 spiro atoms. The standard InChI is InChI=1S/C20H30N2O/c1-19(2,3)22-13-12-20(4,5)17(14-22)18(23)15-8-10-16(11-9-15)21(6)7/h8-11,14H,12-13H2,1-7H3. The predicted molar refractivity (Wildman–Crippen MR) is 98.0 cm³/mol. The van der Waals surface area contributed by atoms with Crippen LogP contribution in [0.25, 0.3) is 0 Å². The number of ketones is 1. The Bertz CT molecular complexity index is 604. The van der Waals surface area contributed by atoms with Crippen LogP contribution in [0.1, 0.15) is 51.4 Å². The normalized spacial score (nSPS) is 17.7. The monoisotopic (exact) mass is 314 g/mol. The van der Waals surface area contributed by atoms with Crippen LogP contribution in [0.2, 0.25) is 0 Å². The Morgan fingerprint density at radius 2 is 1.70 bits per heavy atom. The van der Waals surface area contributed by atoms with Crippen LogP contribution in [-0.2, 0) is 0 Å². The third-order valence-electron chi connectivity index (χ3n) is 4.74. The van der Waals surface area contributed by atoms with Crippen LogP contribution in [0.4, 0.5) is 5.69 Å². The number of benzene rings is 1. The molecule has 1 heterocycles. The van der Waals surface area contributed by atoms with E-state index in [0.29, 0.717) is 0 Å². The van der Waals surface area contributed by atoms with E-state index in [2.05, 4.69) is 45.7 Å². The average Bonchev–Trinajstić information content (AvgIpc) is 2.45. The molecule has 2 rings (SSSR count). The molecule has 3 heteroatoms. The Kier molecular flexibility index (Phi) is 4.61. The van der Waals surface area contributed by atoms with Gasteiger partial charge in [0.1, 0.15) is 0 Å². The number of nitrogens with zero attached hydrogens (tertiary/aromatic N) is 2. The van der Waals surface area contributed by atoms with Crippen molar-refractivity contribution in [3.63, 3.8) is 0 Å². The van der Waals surface area contributed by atoms with Crippen LogP contribution in [0.5, 0.6) is 0 Å². The van der Waals surface area contributed by atoms with Crippen LogP contribution < -0.4 is 4.90 Å². The van der Waals surface area contributed by atoms with Crippen molar-refractivity contribution in [2.45, 2.75) is 46.6 Å². The molecule has 0 amide bonds. The first kappa shape index (κ1) is 17.6. The molecule has 1 aliphatic rings. The van der Waals surface area contributed by atoms with Crippen LogP contribution in [0.15, 0.2) is 36.0 Å². The smallest absolute Gasteiger partial charge is 0.191 e. The Morgan fingerprint density at radius 1 is 1.13 bits per heavy atom. The quantitative estimate of drug-likeness (QED) is 0.775. The van der Waals surface area contributed by atoms with Gasteiger partial charge in [0.2, 0.25) is 0 Å². The summed E-state index contributed by atoms with van der Waals surface area (Å²) in [6, 6.07) is 7.88. The van der Waals surface area contributed by atoms with Gasteiger partial charge in [-0.05, 0) is 56.9 Å². The molecule has 0 aliphatic carbocycles. The molecule has 0 saturated carbocycles. The van der Waals surface area contributed by atoms with Gasteiger partial charge in [-0.2, -0.15) is 0 Å². The Labute approximate surface area is 141 Å². The van der Waals surface area contributed by atoms with Gasteiger partial charge < -0.3 is 9.80 Å². The van der Waals surface area contributed by atoms with Gasteiger partial charge in [0.05, 0.1) is 0 Å². The molecule has 3 nitrogen and oxygen atoms in total. The largest absolute Gasteiger partial charge is 0.378 e. The second-order valence-corrected chi connectivity index (χ2v) is 8.31. The summed E-state index contributed by atoms with van der Waals surface area (Å²) in [7, 11) is 4.01. The minimum Gasteiger partial charge on any atom is -0.378 e. The SMILES string of the molecule is CN(C)c1ccc(C(=O)C2=CN(C(C)(C)C)CCC2(C)C)cc1. The average molecular weight is 314 g/mol. The van der Waals surface area contributed by atoms with Gasteiger partial charge in [0.15, 0.2) is 5.78 Å². The van der Waals surface area contributed by atoms with Crippen LogP contribution in [0, 0.1) is 5.41 Å². The highest BCUT2D eigenvalue weighted by molar-refractivity contribution is 6.09. The van der Waals surface area contributed by atoms with E-state index < -0.39 is 0 Å². The molecule has 1 aromatic carbocycles. The van der Waals surface area contributed by atoms with Gasteiger partial charge in [0, 0.05) is 49.2 Å². The lowest BCUT2D eigenvalue weighted by atomic mass is 9.75. The summed E-state index contributed by atoms with van der Waals surface area (Å²) in [4.78, 5) is 17.4. The molecule has 1 aromatic rings. The summed E-state index contributed by atoms with van der Waals surface area (Å²) in [5, 5.41) is 0. The van der Waals surface area contributed by atoms with Gasteiger partial charge in [-0.25, -0.2) is 0 Å². The van der Waals surface area contributed by atoms with Gasteiger partial charge in [0.25, 0.3) is 0 Å². The lowest BCUT2D eigenvalue weighted by molar-refractivity contribution is 0.0964. The molecule has 0 atom stereocenters. The zero-order chi connectivity index (χ0) is 17.4. The fourth-order valence-corrected chi connectivity index (χ4v) is 2.89.